The monoisotopic (exact) mass is 181 g/mol. The van der Waals surface area contributed by atoms with Gasteiger partial charge in [-0.05, 0) is 44.6 Å². The van der Waals surface area contributed by atoms with Crippen LogP contribution in [0.5, 0.6) is 0 Å². The molecule has 74 valence electrons. The highest BCUT2D eigenvalue weighted by Crippen LogP contribution is 2.54. The molecule has 0 amide bonds. The van der Waals surface area contributed by atoms with Crippen LogP contribution in [-0.4, -0.2) is 34.7 Å². The van der Waals surface area contributed by atoms with Crippen LogP contribution in [0.3, 0.4) is 0 Å². The van der Waals surface area contributed by atoms with Crippen molar-refractivity contribution in [2.24, 2.45) is 5.92 Å². The van der Waals surface area contributed by atoms with E-state index in [1.54, 1.807) is 0 Å². The maximum atomic E-state index is 9.32. The van der Waals surface area contributed by atoms with Crippen LogP contribution in [0.4, 0.5) is 0 Å². The minimum Gasteiger partial charge on any atom is -0.395 e. The summed E-state index contributed by atoms with van der Waals surface area (Å²) < 4.78 is 0. The summed E-state index contributed by atoms with van der Waals surface area (Å²) in [4.78, 5) is 2.64. The molecule has 2 unspecified atom stereocenters. The molecule has 2 saturated heterocycles. The molecule has 2 heterocycles. The summed E-state index contributed by atoms with van der Waals surface area (Å²) in [5.41, 5.74) is 0.563. The molecule has 0 aromatic heterocycles. The van der Waals surface area contributed by atoms with Gasteiger partial charge in [-0.25, -0.2) is 0 Å². The Balaban J connectivity index is 1.92. The van der Waals surface area contributed by atoms with Crippen molar-refractivity contribution in [1.82, 2.24) is 4.90 Å². The summed E-state index contributed by atoms with van der Waals surface area (Å²) in [6, 6.07) is 0.507. The molecule has 2 nitrogen and oxygen atoms in total. The van der Waals surface area contributed by atoms with E-state index in [1.165, 1.54) is 45.1 Å². The second-order valence-electron chi connectivity index (χ2n) is 5.06. The number of nitrogens with zero attached hydrogens (tertiary/aromatic N) is 1. The fourth-order valence-corrected chi connectivity index (χ4v) is 4.27. The van der Waals surface area contributed by atoms with Gasteiger partial charge in [-0.2, -0.15) is 0 Å². The molecule has 2 aliphatic heterocycles. The van der Waals surface area contributed by atoms with Crippen molar-refractivity contribution in [3.8, 4) is 0 Å². The van der Waals surface area contributed by atoms with Crippen LogP contribution >= 0.6 is 0 Å². The second kappa shape index (κ2) is 2.71. The van der Waals surface area contributed by atoms with E-state index >= 15 is 0 Å². The van der Waals surface area contributed by atoms with Crippen LogP contribution in [0.25, 0.3) is 0 Å². The predicted molar refractivity (Wildman–Crippen MR) is 51.5 cm³/mol. The molecule has 0 bridgehead atoms. The van der Waals surface area contributed by atoms with E-state index in [9.17, 15) is 5.11 Å². The van der Waals surface area contributed by atoms with Crippen molar-refractivity contribution >= 4 is 0 Å². The third-order valence-corrected chi connectivity index (χ3v) is 4.71. The number of aliphatic hydroxyl groups excluding tert-OH is 1. The van der Waals surface area contributed by atoms with Crippen LogP contribution in [-0.2, 0) is 0 Å². The fourth-order valence-electron chi connectivity index (χ4n) is 4.27. The number of aliphatic hydroxyl groups is 1. The standard InChI is InChI=1S/C11H19NO/c13-8-10-7-9-3-1-4-11(9)5-2-6-12(10)11/h9-10,13H,1-8H2/t9?,10?,11-/m0/s1. The third-order valence-electron chi connectivity index (χ3n) is 4.71. The van der Waals surface area contributed by atoms with Gasteiger partial charge < -0.3 is 5.11 Å². The molecule has 1 saturated carbocycles. The SMILES string of the molecule is OCC1CC2CCC[C@]23CCCN13. The van der Waals surface area contributed by atoms with E-state index in [4.69, 9.17) is 0 Å². The molecular formula is C11H19NO. The Bertz CT molecular complexity index is 214. The molecule has 1 spiro atoms. The first kappa shape index (κ1) is 8.25. The highest BCUT2D eigenvalue weighted by Gasteiger charge is 2.56. The average molecular weight is 181 g/mol. The highest BCUT2D eigenvalue weighted by molar-refractivity contribution is 5.11. The zero-order valence-corrected chi connectivity index (χ0v) is 8.21. The molecule has 13 heavy (non-hydrogen) atoms. The van der Waals surface area contributed by atoms with Crippen molar-refractivity contribution < 1.29 is 5.11 Å². The molecule has 2 heteroatoms. The quantitative estimate of drug-likeness (QED) is 0.660. The van der Waals surface area contributed by atoms with Crippen LogP contribution < -0.4 is 0 Å². The smallest absolute Gasteiger partial charge is 0.0587 e. The molecule has 1 N–H and O–H groups in total. The van der Waals surface area contributed by atoms with Crippen LogP contribution in [0, 0.1) is 5.92 Å². The summed E-state index contributed by atoms with van der Waals surface area (Å²) in [6.07, 6.45) is 8.32. The van der Waals surface area contributed by atoms with Crippen molar-refractivity contribution in [3.05, 3.63) is 0 Å². The third kappa shape index (κ3) is 0.909. The average Bonchev–Trinajstić information content (AvgIpc) is 2.73. The van der Waals surface area contributed by atoms with Crippen molar-refractivity contribution in [3.63, 3.8) is 0 Å². The van der Waals surface area contributed by atoms with E-state index in [2.05, 4.69) is 4.90 Å². The Labute approximate surface area is 79.9 Å². The Morgan fingerprint density at radius 1 is 1.31 bits per heavy atom. The van der Waals surface area contributed by atoms with Gasteiger partial charge in [0.2, 0.25) is 0 Å². The van der Waals surface area contributed by atoms with E-state index in [0.29, 0.717) is 18.2 Å². The van der Waals surface area contributed by atoms with Gasteiger partial charge in [-0.15, -0.1) is 0 Å². The van der Waals surface area contributed by atoms with Gasteiger partial charge in [0, 0.05) is 11.6 Å². The molecule has 0 radical (unpaired) electrons. The lowest BCUT2D eigenvalue weighted by molar-refractivity contribution is 0.100. The van der Waals surface area contributed by atoms with Gasteiger partial charge in [-0.3, -0.25) is 4.90 Å². The minimum atomic E-state index is 0.387. The Kier molecular flexibility index (Phi) is 1.72. The summed E-state index contributed by atoms with van der Waals surface area (Å²) in [5, 5.41) is 9.32. The van der Waals surface area contributed by atoms with Crippen LogP contribution in [0.15, 0.2) is 0 Å². The number of hydrogen-bond acceptors (Lipinski definition) is 2. The zero-order chi connectivity index (χ0) is 8.89. The molecule has 3 fully saturated rings. The Morgan fingerprint density at radius 2 is 2.15 bits per heavy atom. The fraction of sp³-hybridized carbons (Fsp3) is 1.00. The highest BCUT2D eigenvalue weighted by atomic mass is 16.3. The molecule has 3 rings (SSSR count). The van der Waals surface area contributed by atoms with Gasteiger partial charge >= 0.3 is 0 Å². The van der Waals surface area contributed by atoms with Crippen molar-refractivity contribution in [2.45, 2.75) is 50.1 Å². The molecular weight excluding hydrogens is 162 g/mol. The molecule has 0 aromatic rings. The Hall–Kier alpha value is -0.0800. The molecule has 1 aliphatic carbocycles. The predicted octanol–water partition coefficient (Wildman–Crippen LogP) is 1.39. The minimum absolute atomic E-state index is 0.387. The van der Waals surface area contributed by atoms with Gasteiger partial charge in [0.1, 0.15) is 0 Å². The first-order chi connectivity index (χ1) is 6.37. The maximum absolute atomic E-state index is 9.32. The van der Waals surface area contributed by atoms with Crippen LogP contribution in [0.1, 0.15) is 38.5 Å². The van der Waals surface area contributed by atoms with Gasteiger partial charge in [0.15, 0.2) is 0 Å². The van der Waals surface area contributed by atoms with Crippen molar-refractivity contribution in [1.29, 1.82) is 0 Å². The van der Waals surface area contributed by atoms with Crippen LogP contribution in [0.2, 0.25) is 0 Å². The summed E-state index contributed by atoms with van der Waals surface area (Å²) in [6.45, 7) is 1.64. The molecule has 0 aromatic carbocycles. The normalized spacial score (nSPS) is 49.6. The zero-order valence-electron chi connectivity index (χ0n) is 8.21. The second-order valence-corrected chi connectivity index (χ2v) is 5.06. The number of hydrogen-bond donors (Lipinski definition) is 1. The first-order valence-corrected chi connectivity index (χ1v) is 5.74. The van der Waals surface area contributed by atoms with Gasteiger partial charge in [0.05, 0.1) is 6.61 Å². The number of rotatable bonds is 1. The molecule has 3 atom stereocenters. The largest absolute Gasteiger partial charge is 0.395 e. The first-order valence-electron chi connectivity index (χ1n) is 5.74. The summed E-state index contributed by atoms with van der Waals surface area (Å²) >= 11 is 0. The maximum Gasteiger partial charge on any atom is 0.0587 e. The molecule has 3 aliphatic rings. The lowest BCUT2D eigenvalue weighted by Gasteiger charge is -2.34. The van der Waals surface area contributed by atoms with Crippen molar-refractivity contribution in [2.75, 3.05) is 13.2 Å². The Morgan fingerprint density at radius 3 is 3.00 bits per heavy atom. The summed E-state index contributed by atoms with van der Waals surface area (Å²) in [5.74, 6) is 0.923. The van der Waals surface area contributed by atoms with Gasteiger partial charge in [-0.1, -0.05) is 6.42 Å². The lowest BCUT2D eigenvalue weighted by Crippen LogP contribution is -2.43. The van der Waals surface area contributed by atoms with E-state index in [-0.39, 0.29) is 0 Å². The van der Waals surface area contributed by atoms with E-state index in [0.717, 1.165) is 5.92 Å². The topological polar surface area (TPSA) is 23.5 Å². The van der Waals surface area contributed by atoms with E-state index < -0.39 is 0 Å². The van der Waals surface area contributed by atoms with Gasteiger partial charge in [0.25, 0.3) is 0 Å². The van der Waals surface area contributed by atoms with E-state index in [1.807, 2.05) is 0 Å². The summed E-state index contributed by atoms with van der Waals surface area (Å²) in [7, 11) is 0. The lowest BCUT2D eigenvalue weighted by atomic mass is 9.86.